The van der Waals surface area contributed by atoms with Crippen LogP contribution in [-0.4, -0.2) is 34.6 Å². The van der Waals surface area contributed by atoms with Gasteiger partial charge in [-0.25, -0.2) is 0 Å². The Morgan fingerprint density at radius 1 is 1.52 bits per heavy atom. The standard InChI is InChI=1S/C13H14N2O6/c1-2-10-13(18)14(6-5-12(16)17)9-7-8(15(19)20)3-4-11(9)21-10/h3-4,7,10H,2,5-6H2,1H3,(H,16,17). The third-order valence-electron chi connectivity index (χ3n) is 3.17. The lowest BCUT2D eigenvalue weighted by Crippen LogP contribution is -2.46. The predicted molar refractivity (Wildman–Crippen MR) is 72.4 cm³/mol. The van der Waals surface area contributed by atoms with E-state index in [4.69, 9.17) is 9.84 Å². The molecule has 1 aliphatic heterocycles. The summed E-state index contributed by atoms with van der Waals surface area (Å²) in [5, 5.41) is 19.6. The van der Waals surface area contributed by atoms with Crippen LogP contribution >= 0.6 is 0 Å². The number of hydrogen-bond acceptors (Lipinski definition) is 5. The normalized spacial score (nSPS) is 17.1. The number of benzene rings is 1. The second kappa shape index (κ2) is 5.78. The van der Waals surface area contributed by atoms with Gasteiger partial charge in [0.2, 0.25) is 0 Å². The summed E-state index contributed by atoms with van der Waals surface area (Å²) in [6.07, 6.45) is -0.517. The first-order chi connectivity index (χ1) is 9.93. The van der Waals surface area contributed by atoms with Crippen LogP contribution in [0.4, 0.5) is 11.4 Å². The largest absolute Gasteiger partial charge is 0.481 e. The van der Waals surface area contributed by atoms with E-state index >= 15 is 0 Å². The van der Waals surface area contributed by atoms with Crippen LogP contribution in [-0.2, 0) is 9.59 Å². The van der Waals surface area contributed by atoms with Gasteiger partial charge in [-0.3, -0.25) is 19.7 Å². The number of carbonyl (C=O) groups excluding carboxylic acids is 1. The number of amides is 1. The van der Waals surface area contributed by atoms with E-state index < -0.39 is 17.0 Å². The molecule has 0 fully saturated rings. The number of carboxylic acids is 1. The molecule has 0 aromatic heterocycles. The highest BCUT2D eigenvalue weighted by Crippen LogP contribution is 2.37. The molecular weight excluding hydrogens is 280 g/mol. The molecule has 1 unspecified atom stereocenters. The van der Waals surface area contributed by atoms with Gasteiger partial charge in [0.15, 0.2) is 6.10 Å². The quantitative estimate of drug-likeness (QED) is 0.652. The number of hydrogen-bond donors (Lipinski definition) is 1. The molecule has 112 valence electrons. The van der Waals surface area contributed by atoms with Crippen molar-refractivity contribution in [1.29, 1.82) is 0 Å². The molecule has 1 aromatic rings. The number of nitrogens with zero attached hydrogens (tertiary/aromatic N) is 2. The Hall–Kier alpha value is -2.64. The van der Waals surface area contributed by atoms with Gasteiger partial charge in [-0.15, -0.1) is 0 Å². The average molecular weight is 294 g/mol. The minimum atomic E-state index is -1.05. The van der Waals surface area contributed by atoms with Gasteiger partial charge in [0, 0.05) is 18.7 Å². The Morgan fingerprint density at radius 2 is 2.24 bits per heavy atom. The molecule has 0 saturated heterocycles. The second-order valence-corrected chi connectivity index (χ2v) is 4.56. The number of nitro groups is 1. The highest BCUT2D eigenvalue weighted by Gasteiger charge is 2.34. The molecule has 1 atom stereocenters. The number of anilines is 1. The molecule has 2 rings (SSSR count). The zero-order valence-electron chi connectivity index (χ0n) is 11.3. The first-order valence-electron chi connectivity index (χ1n) is 6.42. The smallest absolute Gasteiger partial charge is 0.305 e. The van der Waals surface area contributed by atoms with Gasteiger partial charge >= 0.3 is 5.97 Å². The van der Waals surface area contributed by atoms with Crippen LogP contribution in [0.3, 0.4) is 0 Å². The Bertz CT molecular complexity index is 600. The zero-order valence-corrected chi connectivity index (χ0v) is 11.3. The zero-order chi connectivity index (χ0) is 15.6. The molecule has 1 N–H and O–H groups in total. The van der Waals surface area contributed by atoms with E-state index in [-0.39, 0.29) is 30.2 Å². The van der Waals surface area contributed by atoms with Crippen molar-refractivity contribution in [3.05, 3.63) is 28.3 Å². The summed E-state index contributed by atoms with van der Waals surface area (Å²) in [5.74, 6) is -1.08. The van der Waals surface area contributed by atoms with Crippen molar-refractivity contribution in [1.82, 2.24) is 0 Å². The maximum Gasteiger partial charge on any atom is 0.305 e. The van der Waals surface area contributed by atoms with Gasteiger partial charge in [-0.1, -0.05) is 6.92 Å². The van der Waals surface area contributed by atoms with Crippen molar-refractivity contribution in [3.63, 3.8) is 0 Å². The minimum absolute atomic E-state index is 0.0534. The van der Waals surface area contributed by atoms with Gasteiger partial charge < -0.3 is 14.7 Å². The third kappa shape index (κ3) is 2.93. The summed E-state index contributed by atoms with van der Waals surface area (Å²) in [4.78, 5) is 34.5. The van der Waals surface area contributed by atoms with Crippen LogP contribution in [0.25, 0.3) is 0 Å². The van der Waals surface area contributed by atoms with Crippen molar-refractivity contribution in [2.45, 2.75) is 25.9 Å². The monoisotopic (exact) mass is 294 g/mol. The van der Waals surface area contributed by atoms with Crippen molar-refractivity contribution in [2.75, 3.05) is 11.4 Å². The summed E-state index contributed by atoms with van der Waals surface area (Å²) in [7, 11) is 0. The lowest BCUT2D eigenvalue weighted by molar-refractivity contribution is -0.384. The third-order valence-corrected chi connectivity index (χ3v) is 3.17. The number of rotatable bonds is 5. The molecule has 0 saturated carbocycles. The maximum atomic E-state index is 12.3. The molecule has 0 spiro atoms. The SMILES string of the molecule is CCC1Oc2ccc([N+](=O)[O-])cc2N(CCC(=O)O)C1=O. The summed E-state index contributed by atoms with van der Waals surface area (Å²) >= 11 is 0. The van der Waals surface area contributed by atoms with Crippen LogP contribution < -0.4 is 9.64 Å². The number of fused-ring (bicyclic) bond motifs is 1. The molecule has 8 heteroatoms. The highest BCUT2D eigenvalue weighted by atomic mass is 16.6. The highest BCUT2D eigenvalue weighted by molar-refractivity contribution is 6.00. The Morgan fingerprint density at radius 3 is 2.81 bits per heavy atom. The van der Waals surface area contributed by atoms with E-state index in [0.717, 1.165) is 0 Å². The van der Waals surface area contributed by atoms with E-state index in [1.807, 2.05) is 0 Å². The molecule has 1 aliphatic rings. The molecule has 1 aromatic carbocycles. The van der Waals surface area contributed by atoms with E-state index in [9.17, 15) is 19.7 Å². The van der Waals surface area contributed by atoms with Gasteiger partial charge in [-0.2, -0.15) is 0 Å². The number of aliphatic carboxylic acids is 1. The fraction of sp³-hybridized carbons (Fsp3) is 0.385. The molecular formula is C13H14N2O6. The summed E-state index contributed by atoms with van der Waals surface area (Å²) in [5.41, 5.74) is 0.0561. The fourth-order valence-corrected chi connectivity index (χ4v) is 2.12. The molecule has 1 heterocycles. The topological polar surface area (TPSA) is 110 Å². The predicted octanol–water partition coefficient (Wildman–Crippen LogP) is 1.57. The van der Waals surface area contributed by atoms with Crippen molar-refractivity contribution in [3.8, 4) is 5.75 Å². The first kappa shape index (κ1) is 14.8. The van der Waals surface area contributed by atoms with E-state index in [0.29, 0.717) is 12.2 Å². The molecule has 0 aliphatic carbocycles. The Balaban J connectivity index is 2.41. The summed E-state index contributed by atoms with van der Waals surface area (Å²) in [6.45, 7) is 1.72. The van der Waals surface area contributed by atoms with Crippen LogP contribution in [0.5, 0.6) is 5.75 Å². The van der Waals surface area contributed by atoms with Crippen LogP contribution in [0, 0.1) is 10.1 Å². The van der Waals surface area contributed by atoms with Crippen molar-refractivity contribution >= 4 is 23.3 Å². The average Bonchev–Trinajstić information content (AvgIpc) is 2.44. The Labute approximate surface area is 120 Å². The van der Waals surface area contributed by atoms with Crippen LogP contribution in [0.15, 0.2) is 18.2 Å². The number of nitro benzene ring substituents is 1. The number of non-ortho nitro benzene ring substituents is 1. The van der Waals surface area contributed by atoms with E-state index in [2.05, 4.69) is 0 Å². The molecule has 0 bridgehead atoms. The van der Waals surface area contributed by atoms with Gasteiger partial charge in [-0.05, 0) is 12.5 Å². The fourth-order valence-electron chi connectivity index (χ4n) is 2.12. The van der Waals surface area contributed by atoms with Gasteiger partial charge in [0.05, 0.1) is 17.0 Å². The number of ether oxygens (including phenoxy) is 1. The summed E-state index contributed by atoms with van der Waals surface area (Å²) < 4.78 is 5.50. The lowest BCUT2D eigenvalue weighted by atomic mass is 10.1. The summed E-state index contributed by atoms with van der Waals surface area (Å²) in [6, 6.07) is 3.94. The first-order valence-corrected chi connectivity index (χ1v) is 6.42. The Kier molecular flexibility index (Phi) is 4.06. The molecule has 8 nitrogen and oxygen atoms in total. The lowest BCUT2D eigenvalue weighted by Gasteiger charge is -2.33. The van der Waals surface area contributed by atoms with Gasteiger partial charge in [0.25, 0.3) is 11.6 Å². The van der Waals surface area contributed by atoms with Crippen LogP contribution in [0.2, 0.25) is 0 Å². The minimum Gasteiger partial charge on any atom is -0.481 e. The van der Waals surface area contributed by atoms with Crippen molar-refractivity contribution in [2.24, 2.45) is 0 Å². The second-order valence-electron chi connectivity index (χ2n) is 4.56. The van der Waals surface area contributed by atoms with Gasteiger partial charge in [0.1, 0.15) is 5.75 Å². The molecule has 1 amide bonds. The number of carboxylic acid groups (broad SMARTS) is 1. The molecule has 0 radical (unpaired) electrons. The van der Waals surface area contributed by atoms with Crippen molar-refractivity contribution < 1.29 is 24.4 Å². The van der Waals surface area contributed by atoms with Crippen LogP contribution in [0.1, 0.15) is 19.8 Å². The van der Waals surface area contributed by atoms with E-state index in [1.54, 1.807) is 6.92 Å². The number of carbonyl (C=O) groups is 2. The maximum absolute atomic E-state index is 12.3. The molecule has 21 heavy (non-hydrogen) atoms. The van der Waals surface area contributed by atoms with E-state index in [1.165, 1.54) is 23.1 Å².